The number of anilines is 4. The number of hydrogen-bond donors (Lipinski definition) is 3. The quantitative estimate of drug-likeness (QED) is 0.148. The van der Waals surface area contributed by atoms with Crippen LogP contribution < -0.4 is 25.8 Å². The fraction of sp³-hybridized carbons (Fsp3) is 0.441. The van der Waals surface area contributed by atoms with Gasteiger partial charge in [0.15, 0.2) is 11.4 Å². The number of nitrogens with one attached hydrogen (secondary N) is 3. The Balaban J connectivity index is 0.923. The number of piperazine rings is 1. The summed E-state index contributed by atoms with van der Waals surface area (Å²) in [6, 6.07) is 10.1. The molecule has 0 bridgehead atoms. The molecule has 3 aliphatic rings. The molecule has 1 aromatic carbocycles. The zero-order valence-corrected chi connectivity index (χ0v) is 27.9. The third kappa shape index (κ3) is 8.42. The molecule has 3 aromatic rings. The van der Waals surface area contributed by atoms with Gasteiger partial charge in [-0.2, -0.15) is 0 Å². The first-order chi connectivity index (χ1) is 23.3. The van der Waals surface area contributed by atoms with Crippen molar-refractivity contribution in [1.82, 2.24) is 30.5 Å². The summed E-state index contributed by atoms with van der Waals surface area (Å²) in [6.45, 7) is 7.46. The number of carbonyl (C=O) groups is 4. The number of nitrogens with zero attached hydrogens (tertiary/aromatic N) is 6. The van der Waals surface area contributed by atoms with Crippen molar-refractivity contribution in [1.29, 1.82) is 0 Å². The molecule has 2 aromatic heterocycles. The Morgan fingerprint density at radius 3 is 2.67 bits per heavy atom. The van der Waals surface area contributed by atoms with Gasteiger partial charge in [0.05, 0.1) is 23.0 Å². The van der Waals surface area contributed by atoms with Gasteiger partial charge in [0.1, 0.15) is 17.5 Å². The van der Waals surface area contributed by atoms with E-state index in [0.29, 0.717) is 47.5 Å². The lowest BCUT2D eigenvalue weighted by atomic mass is 9.90. The molecule has 2 saturated heterocycles. The number of aryl methyl sites for hydroxylation is 1. The number of carbonyl (C=O) groups excluding carboxylic acids is 4. The van der Waals surface area contributed by atoms with Crippen LogP contribution in [0, 0.1) is 6.92 Å². The van der Waals surface area contributed by atoms with Gasteiger partial charge in [0, 0.05) is 63.9 Å². The van der Waals surface area contributed by atoms with E-state index in [0.717, 1.165) is 75.5 Å². The molecule has 2 atom stereocenters. The van der Waals surface area contributed by atoms with E-state index in [1.54, 1.807) is 0 Å². The number of hydrogen-bond acceptors (Lipinski definition) is 12. The van der Waals surface area contributed by atoms with Crippen LogP contribution in [-0.2, 0) is 14.4 Å². The number of amides is 3. The van der Waals surface area contributed by atoms with Crippen LogP contribution in [0.15, 0.2) is 48.7 Å². The Morgan fingerprint density at radius 1 is 1.10 bits per heavy atom. The maximum Gasteiger partial charge on any atom is 0.234 e. The summed E-state index contributed by atoms with van der Waals surface area (Å²) in [5, 5.41) is 9.38. The highest BCUT2D eigenvalue weighted by Crippen LogP contribution is 2.29. The molecule has 0 aliphatic carbocycles. The maximum absolute atomic E-state index is 12.8. The first-order valence-corrected chi connectivity index (χ1v) is 17.3. The van der Waals surface area contributed by atoms with Gasteiger partial charge in [-0.05, 0) is 50.4 Å². The minimum absolute atomic E-state index is 0.0633. The first kappa shape index (κ1) is 33.2. The molecule has 5 heterocycles. The van der Waals surface area contributed by atoms with Crippen LogP contribution in [0.25, 0.3) is 0 Å². The lowest BCUT2D eigenvalue weighted by molar-refractivity contribution is -0.134. The molecule has 2 fully saturated rings. The average Bonchev–Trinajstić information content (AvgIpc) is 3.55. The highest BCUT2D eigenvalue weighted by molar-refractivity contribution is 7.17. The van der Waals surface area contributed by atoms with Crippen molar-refractivity contribution in [3.8, 4) is 0 Å². The SMILES string of the molecule is Cc1nc(Nc2ncc(C=O)s2)cc(N2CCN(CCCC(=O)NCC3CC=CCN3c3ccc(C4CCC(=O)NC4=O)cc3)CC2)n1. The molecule has 0 spiro atoms. The van der Waals surface area contributed by atoms with Crippen molar-refractivity contribution < 1.29 is 19.2 Å². The van der Waals surface area contributed by atoms with E-state index in [1.165, 1.54) is 17.5 Å². The summed E-state index contributed by atoms with van der Waals surface area (Å²) >= 11 is 1.28. The molecule has 14 heteroatoms. The van der Waals surface area contributed by atoms with Crippen LogP contribution in [-0.4, -0.2) is 95.7 Å². The molecule has 48 heavy (non-hydrogen) atoms. The molecular formula is C34H41N9O4S. The number of piperidine rings is 1. The van der Waals surface area contributed by atoms with Gasteiger partial charge in [0.25, 0.3) is 0 Å². The second-order valence-corrected chi connectivity index (χ2v) is 13.4. The third-order valence-corrected chi connectivity index (χ3v) is 9.83. The number of aldehydes is 1. The van der Waals surface area contributed by atoms with Gasteiger partial charge in [0.2, 0.25) is 17.7 Å². The fourth-order valence-corrected chi connectivity index (χ4v) is 7.05. The predicted molar refractivity (Wildman–Crippen MR) is 185 cm³/mol. The van der Waals surface area contributed by atoms with Crippen molar-refractivity contribution in [2.24, 2.45) is 0 Å². The summed E-state index contributed by atoms with van der Waals surface area (Å²) in [5.41, 5.74) is 1.96. The van der Waals surface area contributed by atoms with Gasteiger partial charge in [-0.25, -0.2) is 15.0 Å². The lowest BCUT2D eigenvalue weighted by Crippen LogP contribution is -2.47. The normalized spacial score (nSPS) is 20.0. The molecular weight excluding hydrogens is 631 g/mol. The maximum atomic E-state index is 12.8. The topological polar surface area (TPSA) is 153 Å². The van der Waals surface area contributed by atoms with Gasteiger partial charge in [-0.15, -0.1) is 0 Å². The average molecular weight is 672 g/mol. The van der Waals surface area contributed by atoms with E-state index in [4.69, 9.17) is 0 Å². The Hall–Kier alpha value is -4.69. The van der Waals surface area contributed by atoms with Crippen LogP contribution in [0.1, 0.15) is 59.1 Å². The summed E-state index contributed by atoms with van der Waals surface area (Å²) in [7, 11) is 0. The summed E-state index contributed by atoms with van der Waals surface area (Å²) < 4.78 is 0. The standard InChI is InChI=1S/C34H41N9O4S/c1-23-37-29(39-34-36-21-27(22-44)48-34)19-30(38-23)42-17-15-41(16-18-42)13-4-6-31(45)35-20-26-5-2-3-14-43(26)25-9-7-24(8-10-25)28-11-12-32(46)40-33(28)47/h2-3,7-10,19,21-22,26,28H,4-6,11-18,20H2,1H3,(H,35,45)(H,40,46,47)(H,36,37,38,39). The molecule has 3 amide bonds. The number of imide groups is 1. The Morgan fingerprint density at radius 2 is 1.92 bits per heavy atom. The summed E-state index contributed by atoms with van der Waals surface area (Å²) in [4.78, 5) is 68.4. The second kappa shape index (κ2) is 15.5. The van der Waals surface area contributed by atoms with Crippen LogP contribution in [0.2, 0.25) is 0 Å². The predicted octanol–water partition coefficient (Wildman–Crippen LogP) is 3.17. The van der Waals surface area contributed by atoms with E-state index < -0.39 is 0 Å². The monoisotopic (exact) mass is 671 g/mol. The van der Waals surface area contributed by atoms with Crippen LogP contribution in [0.4, 0.5) is 22.5 Å². The molecule has 0 saturated carbocycles. The minimum Gasteiger partial charge on any atom is -0.363 e. The van der Waals surface area contributed by atoms with Gasteiger partial charge < -0.3 is 20.4 Å². The molecule has 2 unspecified atom stereocenters. The fourth-order valence-electron chi connectivity index (χ4n) is 6.41. The van der Waals surface area contributed by atoms with Crippen LogP contribution in [0.5, 0.6) is 0 Å². The lowest BCUT2D eigenvalue weighted by Gasteiger charge is -2.36. The molecule has 6 rings (SSSR count). The van der Waals surface area contributed by atoms with Crippen molar-refractivity contribution in [3.05, 3.63) is 64.9 Å². The van der Waals surface area contributed by atoms with E-state index in [1.807, 2.05) is 37.3 Å². The van der Waals surface area contributed by atoms with Gasteiger partial charge in [-0.3, -0.25) is 29.4 Å². The van der Waals surface area contributed by atoms with Gasteiger partial charge >= 0.3 is 0 Å². The molecule has 13 nitrogen and oxygen atoms in total. The third-order valence-electron chi connectivity index (χ3n) is 8.99. The van der Waals surface area contributed by atoms with Crippen molar-refractivity contribution in [2.75, 3.05) is 60.9 Å². The number of thiazole rings is 1. The molecule has 0 radical (unpaired) electrons. The largest absolute Gasteiger partial charge is 0.363 e. The zero-order chi connectivity index (χ0) is 33.5. The van der Waals surface area contributed by atoms with Crippen LogP contribution in [0.3, 0.4) is 0 Å². The van der Waals surface area contributed by atoms with E-state index in [2.05, 4.69) is 57.8 Å². The van der Waals surface area contributed by atoms with Crippen LogP contribution >= 0.6 is 11.3 Å². The zero-order valence-electron chi connectivity index (χ0n) is 27.1. The second-order valence-electron chi connectivity index (χ2n) is 12.3. The Labute approximate surface area is 283 Å². The molecule has 3 aliphatic heterocycles. The van der Waals surface area contributed by atoms with Crippen molar-refractivity contribution >= 4 is 57.8 Å². The van der Waals surface area contributed by atoms with Gasteiger partial charge in [-0.1, -0.05) is 35.6 Å². The van der Waals surface area contributed by atoms with E-state index >= 15 is 0 Å². The van der Waals surface area contributed by atoms with Crippen molar-refractivity contribution in [2.45, 2.75) is 51.0 Å². The number of aromatic nitrogens is 3. The molecule has 252 valence electrons. The number of benzene rings is 1. The highest BCUT2D eigenvalue weighted by atomic mass is 32.1. The molecule has 3 N–H and O–H groups in total. The van der Waals surface area contributed by atoms with Crippen molar-refractivity contribution in [3.63, 3.8) is 0 Å². The Kier molecular flexibility index (Phi) is 10.7. The Bertz CT molecular complexity index is 1650. The summed E-state index contributed by atoms with van der Waals surface area (Å²) in [6.07, 6.45) is 9.63. The first-order valence-electron chi connectivity index (χ1n) is 16.5. The number of rotatable bonds is 12. The van der Waals surface area contributed by atoms with E-state index in [-0.39, 0.29) is 29.7 Å². The van der Waals surface area contributed by atoms with E-state index in [9.17, 15) is 19.2 Å². The summed E-state index contributed by atoms with van der Waals surface area (Å²) in [5.74, 6) is 1.48. The smallest absolute Gasteiger partial charge is 0.234 e. The highest BCUT2D eigenvalue weighted by Gasteiger charge is 2.28. The minimum atomic E-state index is -0.301.